The highest BCUT2D eigenvalue weighted by Gasteiger charge is 2.41. The number of esters is 2. The number of carbonyl (C=O) groups excluding carboxylic acids is 2. The molecule has 0 aromatic heterocycles. The highest BCUT2D eigenvalue weighted by atomic mass is 16.6. The maximum atomic E-state index is 12.5. The Morgan fingerprint density at radius 3 is 1.92 bits per heavy atom. The van der Waals surface area contributed by atoms with Crippen LogP contribution >= 0.6 is 0 Å². The first-order chi connectivity index (χ1) is 12.3. The molecule has 0 saturated carbocycles. The fraction of sp³-hybridized carbons (Fsp3) is 0.333. The van der Waals surface area contributed by atoms with E-state index in [1.807, 2.05) is 0 Å². The van der Waals surface area contributed by atoms with Crippen molar-refractivity contribution < 1.29 is 24.0 Å². The summed E-state index contributed by atoms with van der Waals surface area (Å²) < 4.78 is 9.78. The SMILES string of the molecule is COC(=O)C1=C(C)N(C)C(C)=C(C(=O)OC)C1c1ccccc1[N+](=O)[O-]. The maximum absolute atomic E-state index is 12.5. The zero-order valence-corrected chi connectivity index (χ0v) is 15.2. The molecule has 1 aliphatic heterocycles. The lowest BCUT2D eigenvalue weighted by Crippen LogP contribution is -2.33. The predicted octanol–water partition coefficient (Wildman–Crippen LogP) is 2.52. The Morgan fingerprint density at radius 2 is 1.50 bits per heavy atom. The van der Waals surface area contributed by atoms with E-state index in [-0.39, 0.29) is 22.4 Å². The van der Waals surface area contributed by atoms with Crippen molar-refractivity contribution in [3.8, 4) is 0 Å². The summed E-state index contributed by atoms with van der Waals surface area (Å²) in [4.78, 5) is 37.6. The number of benzene rings is 1. The number of nitrogens with zero attached hydrogens (tertiary/aromatic N) is 2. The van der Waals surface area contributed by atoms with E-state index in [1.165, 1.54) is 32.4 Å². The van der Waals surface area contributed by atoms with Gasteiger partial charge in [-0.25, -0.2) is 9.59 Å². The Bertz CT molecular complexity index is 800. The number of para-hydroxylation sites is 1. The molecule has 0 N–H and O–H groups in total. The van der Waals surface area contributed by atoms with Crippen LogP contribution in [0.2, 0.25) is 0 Å². The van der Waals surface area contributed by atoms with Crippen molar-refractivity contribution in [2.24, 2.45) is 0 Å². The summed E-state index contributed by atoms with van der Waals surface area (Å²) in [5.41, 5.74) is 1.46. The van der Waals surface area contributed by atoms with Crippen LogP contribution in [-0.2, 0) is 19.1 Å². The van der Waals surface area contributed by atoms with Gasteiger partial charge in [0.2, 0.25) is 0 Å². The smallest absolute Gasteiger partial charge is 0.336 e. The second kappa shape index (κ2) is 7.38. The van der Waals surface area contributed by atoms with Crippen LogP contribution in [0.25, 0.3) is 0 Å². The second-order valence-electron chi connectivity index (χ2n) is 5.79. The first-order valence-corrected chi connectivity index (χ1v) is 7.81. The van der Waals surface area contributed by atoms with Gasteiger partial charge in [0.05, 0.1) is 36.2 Å². The Hall–Kier alpha value is -3.16. The van der Waals surface area contributed by atoms with Gasteiger partial charge in [-0.3, -0.25) is 10.1 Å². The van der Waals surface area contributed by atoms with Crippen molar-refractivity contribution in [2.45, 2.75) is 19.8 Å². The fourth-order valence-corrected chi connectivity index (χ4v) is 3.13. The normalized spacial score (nSPS) is 15.2. The Labute approximate surface area is 150 Å². The van der Waals surface area contributed by atoms with Gasteiger partial charge in [-0.15, -0.1) is 0 Å². The van der Waals surface area contributed by atoms with Gasteiger partial charge >= 0.3 is 11.9 Å². The lowest BCUT2D eigenvalue weighted by molar-refractivity contribution is -0.385. The molecule has 1 aromatic rings. The Morgan fingerprint density at radius 1 is 1.04 bits per heavy atom. The van der Waals surface area contributed by atoms with E-state index in [0.29, 0.717) is 11.4 Å². The molecule has 1 aliphatic rings. The number of allylic oxidation sites excluding steroid dienone is 2. The molecule has 0 atom stereocenters. The van der Waals surface area contributed by atoms with E-state index in [4.69, 9.17) is 9.47 Å². The molecule has 2 rings (SSSR count). The Kier molecular flexibility index (Phi) is 5.44. The molecule has 8 heteroatoms. The minimum atomic E-state index is -0.965. The number of hydrogen-bond donors (Lipinski definition) is 0. The lowest BCUT2D eigenvalue weighted by Gasteiger charge is -2.35. The largest absolute Gasteiger partial charge is 0.466 e. The number of hydrogen-bond acceptors (Lipinski definition) is 7. The van der Waals surface area contributed by atoms with E-state index in [0.717, 1.165) is 0 Å². The molecule has 0 unspecified atom stereocenters. The van der Waals surface area contributed by atoms with Crippen molar-refractivity contribution in [3.05, 3.63) is 62.5 Å². The molecule has 0 spiro atoms. The van der Waals surface area contributed by atoms with Gasteiger partial charge in [-0.2, -0.15) is 0 Å². The molecular weight excluding hydrogens is 340 g/mol. The summed E-state index contributed by atoms with van der Waals surface area (Å²) in [5, 5.41) is 11.5. The molecule has 0 bridgehead atoms. The van der Waals surface area contributed by atoms with Crippen molar-refractivity contribution in [2.75, 3.05) is 21.3 Å². The summed E-state index contributed by atoms with van der Waals surface area (Å²) in [6.07, 6.45) is 0. The average Bonchev–Trinajstić information content (AvgIpc) is 2.64. The molecule has 0 radical (unpaired) electrons. The number of ether oxygens (including phenoxy) is 2. The van der Waals surface area contributed by atoms with E-state index in [9.17, 15) is 19.7 Å². The summed E-state index contributed by atoms with van der Waals surface area (Å²) >= 11 is 0. The third-order valence-electron chi connectivity index (χ3n) is 4.62. The first-order valence-electron chi connectivity index (χ1n) is 7.81. The summed E-state index contributed by atoms with van der Waals surface area (Å²) in [7, 11) is 4.15. The number of methoxy groups -OCH3 is 2. The lowest BCUT2D eigenvalue weighted by atomic mass is 9.79. The molecule has 0 aliphatic carbocycles. The highest BCUT2D eigenvalue weighted by Crippen LogP contribution is 2.44. The third kappa shape index (κ3) is 3.05. The van der Waals surface area contributed by atoms with Crippen molar-refractivity contribution >= 4 is 17.6 Å². The molecule has 138 valence electrons. The second-order valence-corrected chi connectivity index (χ2v) is 5.79. The van der Waals surface area contributed by atoms with E-state index in [2.05, 4.69) is 0 Å². The summed E-state index contributed by atoms with van der Waals surface area (Å²) in [6, 6.07) is 6.01. The van der Waals surface area contributed by atoms with Crippen LogP contribution in [0.3, 0.4) is 0 Å². The van der Waals surface area contributed by atoms with Crippen LogP contribution in [0.4, 0.5) is 5.69 Å². The van der Waals surface area contributed by atoms with Gasteiger partial charge in [0.25, 0.3) is 5.69 Å². The molecule has 1 aromatic carbocycles. The van der Waals surface area contributed by atoms with E-state index in [1.54, 1.807) is 31.9 Å². The van der Waals surface area contributed by atoms with Gasteiger partial charge in [0.15, 0.2) is 0 Å². The average molecular weight is 360 g/mol. The number of nitro benzene ring substituents is 1. The van der Waals surface area contributed by atoms with Gasteiger partial charge in [0, 0.05) is 30.1 Å². The topological polar surface area (TPSA) is 99.0 Å². The standard InChI is InChI=1S/C18H20N2O6/c1-10-14(17(21)25-4)16(12-8-6-7-9-13(12)20(23)24)15(18(22)26-5)11(2)19(10)3/h6-9,16H,1-5H3. The van der Waals surface area contributed by atoms with Gasteiger partial charge in [-0.1, -0.05) is 18.2 Å². The zero-order chi connectivity index (χ0) is 19.6. The van der Waals surface area contributed by atoms with Gasteiger partial charge in [0.1, 0.15) is 0 Å². The Balaban J connectivity index is 2.87. The first kappa shape index (κ1) is 19.2. The zero-order valence-electron chi connectivity index (χ0n) is 15.2. The molecule has 0 fully saturated rings. The van der Waals surface area contributed by atoms with Crippen molar-refractivity contribution in [1.82, 2.24) is 4.90 Å². The number of rotatable bonds is 4. The van der Waals surface area contributed by atoms with Crippen LogP contribution in [0.15, 0.2) is 46.8 Å². The minimum Gasteiger partial charge on any atom is -0.466 e. The molecular formula is C18H20N2O6. The minimum absolute atomic E-state index is 0.162. The van der Waals surface area contributed by atoms with Crippen molar-refractivity contribution in [3.63, 3.8) is 0 Å². The summed E-state index contributed by atoms with van der Waals surface area (Å²) in [5.74, 6) is -2.29. The van der Waals surface area contributed by atoms with E-state index < -0.39 is 22.8 Å². The summed E-state index contributed by atoms with van der Waals surface area (Å²) in [6.45, 7) is 3.40. The van der Waals surface area contributed by atoms with Gasteiger partial charge in [-0.05, 0) is 13.8 Å². The highest BCUT2D eigenvalue weighted by molar-refractivity contribution is 6.00. The van der Waals surface area contributed by atoms with Crippen molar-refractivity contribution in [1.29, 1.82) is 0 Å². The molecule has 1 heterocycles. The number of nitro groups is 1. The van der Waals surface area contributed by atoms with E-state index >= 15 is 0 Å². The third-order valence-corrected chi connectivity index (χ3v) is 4.62. The molecule has 8 nitrogen and oxygen atoms in total. The fourth-order valence-electron chi connectivity index (χ4n) is 3.13. The monoisotopic (exact) mass is 360 g/mol. The van der Waals surface area contributed by atoms with Crippen LogP contribution in [-0.4, -0.2) is 43.0 Å². The number of carbonyl (C=O) groups is 2. The molecule has 0 saturated heterocycles. The molecule has 0 amide bonds. The maximum Gasteiger partial charge on any atom is 0.336 e. The van der Waals surface area contributed by atoms with Crippen LogP contribution in [0.5, 0.6) is 0 Å². The van der Waals surface area contributed by atoms with Crippen LogP contribution in [0, 0.1) is 10.1 Å². The quantitative estimate of drug-likeness (QED) is 0.462. The van der Waals surface area contributed by atoms with Gasteiger partial charge < -0.3 is 14.4 Å². The predicted molar refractivity (Wildman–Crippen MR) is 93.0 cm³/mol. The van der Waals surface area contributed by atoms with Crippen LogP contribution in [0.1, 0.15) is 25.3 Å². The molecule has 26 heavy (non-hydrogen) atoms. The van der Waals surface area contributed by atoms with Crippen LogP contribution < -0.4 is 0 Å².